The summed E-state index contributed by atoms with van der Waals surface area (Å²) in [4.78, 5) is 13.1. The average Bonchev–Trinajstić information content (AvgIpc) is 2.78. The number of hydrogen-bond donors (Lipinski definition) is 2. The lowest BCUT2D eigenvalue weighted by Gasteiger charge is -2.31. The Bertz CT molecular complexity index is 401. The van der Waals surface area contributed by atoms with Crippen molar-refractivity contribution in [3.8, 4) is 0 Å². The third kappa shape index (κ3) is 3.34. The highest BCUT2D eigenvalue weighted by atomic mass is 16.4. The molecule has 1 saturated heterocycles. The zero-order chi connectivity index (χ0) is 13.0. The first kappa shape index (κ1) is 13.1. The van der Waals surface area contributed by atoms with Crippen LogP contribution in [0.2, 0.25) is 0 Å². The number of piperidine rings is 1. The van der Waals surface area contributed by atoms with Gasteiger partial charge in [0.05, 0.1) is 12.1 Å². The van der Waals surface area contributed by atoms with E-state index in [-0.39, 0.29) is 5.56 Å². The molecule has 2 rings (SSSR count). The summed E-state index contributed by atoms with van der Waals surface area (Å²) in [6, 6.07) is 1.62. The molecule has 1 aliphatic heterocycles. The first-order valence-corrected chi connectivity index (χ1v) is 6.36. The van der Waals surface area contributed by atoms with Gasteiger partial charge < -0.3 is 14.8 Å². The molecule has 2 N–H and O–H groups in total. The Morgan fingerprint density at radius 3 is 3.17 bits per heavy atom. The van der Waals surface area contributed by atoms with Crippen molar-refractivity contribution in [3.63, 3.8) is 0 Å². The monoisotopic (exact) mass is 252 g/mol. The quantitative estimate of drug-likeness (QED) is 0.829. The molecule has 0 aromatic carbocycles. The normalized spacial score (nSPS) is 21.1. The number of carboxylic acids is 1. The van der Waals surface area contributed by atoms with Crippen LogP contribution in [0.15, 0.2) is 16.7 Å². The van der Waals surface area contributed by atoms with Crippen LogP contribution in [0, 0.1) is 5.92 Å². The van der Waals surface area contributed by atoms with Crippen LogP contribution in [-0.2, 0) is 6.54 Å². The Hall–Kier alpha value is -1.33. The van der Waals surface area contributed by atoms with E-state index in [9.17, 15) is 4.79 Å². The van der Waals surface area contributed by atoms with Gasteiger partial charge in [-0.1, -0.05) is 0 Å². The van der Waals surface area contributed by atoms with Crippen molar-refractivity contribution in [3.05, 3.63) is 23.7 Å². The van der Waals surface area contributed by atoms with Gasteiger partial charge in [0.15, 0.2) is 0 Å². The Balaban J connectivity index is 1.89. The van der Waals surface area contributed by atoms with Crippen LogP contribution >= 0.6 is 0 Å². The second kappa shape index (κ2) is 6.02. The summed E-state index contributed by atoms with van der Waals surface area (Å²) in [6.07, 6.45) is 3.77. The molecule has 5 heteroatoms. The first-order chi connectivity index (χ1) is 8.69. The molecule has 1 aromatic heterocycles. The van der Waals surface area contributed by atoms with Crippen LogP contribution < -0.4 is 5.32 Å². The summed E-state index contributed by atoms with van der Waals surface area (Å²) >= 11 is 0. The largest absolute Gasteiger partial charge is 0.478 e. The average molecular weight is 252 g/mol. The number of nitrogens with one attached hydrogen (secondary N) is 1. The summed E-state index contributed by atoms with van der Waals surface area (Å²) in [6.45, 7) is 3.84. The molecule has 0 saturated carbocycles. The molecule has 5 nitrogen and oxygen atoms in total. The molecule has 1 aliphatic rings. The predicted octanol–water partition coefficient (Wildman–Crippen LogP) is 1.41. The smallest absolute Gasteiger partial charge is 0.338 e. The second-order valence-corrected chi connectivity index (χ2v) is 4.91. The Morgan fingerprint density at radius 2 is 2.50 bits per heavy atom. The van der Waals surface area contributed by atoms with Gasteiger partial charge >= 0.3 is 5.97 Å². The molecule has 0 amide bonds. The second-order valence-electron chi connectivity index (χ2n) is 4.91. The fourth-order valence-electron chi connectivity index (χ4n) is 2.55. The van der Waals surface area contributed by atoms with Crippen LogP contribution in [0.5, 0.6) is 0 Å². The van der Waals surface area contributed by atoms with Gasteiger partial charge in [0.1, 0.15) is 12.0 Å². The van der Waals surface area contributed by atoms with Crippen molar-refractivity contribution in [2.75, 3.05) is 26.7 Å². The zero-order valence-electron chi connectivity index (χ0n) is 10.7. The lowest BCUT2D eigenvalue weighted by molar-refractivity contribution is 0.0696. The molecular formula is C13H20N2O3. The molecule has 18 heavy (non-hydrogen) atoms. The Kier molecular flexibility index (Phi) is 4.38. The van der Waals surface area contributed by atoms with E-state index in [0.29, 0.717) is 12.5 Å². The third-order valence-corrected chi connectivity index (χ3v) is 3.38. The molecule has 1 atom stereocenters. The molecule has 100 valence electrons. The summed E-state index contributed by atoms with van der Waals surface area (Å²) in [7, 11) is 1.98. The number of likely N-dealkylation sites (tertiary alicyclic amines) is 1. The molecule has 1 aromatic rings. The van der Waals surface area contributed by atoms with Crippen LogP contribution in [0.1, 0.15) is 29.0 Å². The van der Waals surface area contributed by atoms with E-state index in [1.807, 2.05) is 7.05 Å². The highest BCUT2D eigenvalue weighted by molar-refractivity contribution is 5.87. The summed E-state index contributed by atoms with van der Waals surface area (Å²) in [5, 5.41) is 12.0. The summed E-state index contributed by atoms with van der Waals surface area (Å²) in [5.74, 6) is 0.479. The van der Waals surface area contributed by atoms with E-state index in [1.165, 1.54) is 19.1 Å². The fraction of sp³-hybridized carbons (Fsp3) is 0.615. The minimum absolute atomic E-state index is 0.230. The van der Waals surface area contributed by atoms with Gasteiger partial charge in [-0.2, -0.15) is 0 Å². The molecule has 2 heterocycles. The van der Waals surface area contributed by atoms with Crippen LogP contribution in [0.3, 0.4) is 0 Å². The van der Waals surface area contributed by atoms with Crippen molar-refractivity contribution in [2.45, 2.75) is 19.4 Å². The van der Waals surface area contributed by atoms with Crippen LogP contribution in [0.4, 0.5) is 0 Å². The predicted molar refractivity (Wildman–Crippen MR) is 67.6 cm³/mol. The van der Waals surface area contributed by atoms with Gasteiger partial charge in [0.25, 0.3) is 0 Å². The maximum atomic E-state index is 10.8. The van der Waals surface area contributed by atoms with Crippen molar-refractivity contribution in [2.24, 2.45) is 5.92 Å². The lowest BCUT2D eigenvalue weighted by atomic mass is 9.98. The molecular weight excluding hydrogens is 232 g/mol. The van der Waals surface area contributed by atoms with Gasteiger partial charge in [0, 0.05) is 6.54 Å². The number of nitrogens with zero attached hydrogens (tertiary/aromatic N) is 1. The number of aromatic carboxylic acids is 1. The van der Waals surface area contributed by atoms with Crippen molar-refractivity contribution >= 4 is 5.97 Å². The third-order valence-electron chi connectivity index (χ3n) is 3.38. The van der Waals surface area contributed by atoms with Gasteiger partial charge in [-0.25, -0.2) is 4.79 Å². The Morgan fingerprint density at radius 1 is 1.67 bits per heavy atom. The van der Waals surface area contributed by atoms with E-state index >= 15 is 0 Å². The number of carboxylic acid groups (broad SMARTS) is 1. The van der Waals surface area contributed by atoms with E-state index < -0.39 is 5.97 Å². The summed E-state index contributed by atoms with van der Waals surface area (Å²) < 4.78 is 5.29. The van der Waals surface area contributed by atoms with Gasteiger partial charge in [-0.05, 0) is 45.0 Å². The number of furan rings is 1. The highest BCUT2D eigenvalue weighted by Crippen LogP contribution is 2.19. The fourth-order valence-corrected chi connectivity index (χ4v) is 2.55. The van der Waals surface area contributed by atoms with Crippen LogP contribution in [-0.4, -0.2) is 42.7 Å². The van der Waals surface area contributed by atoms with E-state index in [1.54, 1.807) is 6.07 Å². The highest BCUT2D eigenvalue weighted by Gasteiger charge is 2.20. The number of rotatable bonds is 5. The molecule has 0 bridgehead atoms. The van der Waals surface area contributed by atoms with Crippen molar-refractivity contribution in [1.82, 2.24) is 10.2 Å². The molecule has 0 radical (unpaired) electrons. The van der Waals surface area contributed by atoms with E-state index in [2.05, 4.69) is 10.2 Å². The first-order valence-electron chi connectivity index (χ1n) is 6.36. The van der Waals surface area contributed by atoms with Gasteiger partial charge in [0.2, 0.25) is 0 Å². The number of carbonyl (C=O) groups is 1. The maximum absolute atomic E-state index is 10.8. The summed E-state index contributed by atoms with van der Waals surface area (Å²) in [5.41, 5.74) is 0.230. The van der Waals surface area contributed by atoms with Crippen molar-refractivity contribution in [1.29, 1.82) is 0 Å². The molecule has 1 fully saturated rings. The SMILES string of the molecule is CNCC1CCCN(Cc2cc(C(=O)O)co2)C1. The maximum Gasteiger partial charge on any atom is 0.338 e. The standard InChI is InChI=1S/C13H20N2O3/c1-14-6-10-3-2-4-15(7-10)8-12-5-11(9-18-12)13(16)17/h5,9-10,14H,2-4,6-8H2,1H3,(H,16,17). The molecule has 0 spiro atoms. The topological polar surface area (TPSA) is 65.7 Å². The van der Waals surface area contributed by atoms with Crippen molar-refractivity contribution < 1.29 is 14.3 Å². The van der Waals surface area contributed by atoms with Gasteiger partial charge in [-0.15, -0.1) is 0 Å². The van der Waals surface area contributed by atoms with Crippen LogP contribution in [0.25, 0.3) is 0 Å². The zero-order valence-corrected chi connectivity index (χ0v) is 10.7. The van der Waals surface area contributed by atoms with E-state index in [0.717, 1.165) is 25.4 Å². The molecule has 1 unspecified atom stereocenters. The molecule has 0 aliphatic carbocycles. The minimum Gasteiger partial charge on any atom is -0.478 e. The lowest BCUT2D eigenvalue weighted by Crippen LogP contribution is -2.38. The van der Waals surface area contributed by atoms with E-state index in [4.69, 9.17) is 9.52 Å². The van der Waals surface area contributed by atoms with Gasteiger partial charge in [-0.3, -0.25) is 4.90 Å². The minimum atomic E-state index is -0.934. The Labute approximate surface area is 107 Å². The number of hydrogen-bond acceptors (Lipinski definition) is 4.